The molecule has 0 unspecified atom stereocenters. The molecule has 1 aromatic carbocycles. The van der Waals surface area contributed by atoms with Gasteiger partial charge in [-0.05, 0) is 17.7 Å². The van der Waals surface area contributed by atoms with Crippen LogP contribution in [0.15, 0.2) is 34.2 Å². The van der Waals surface area contributed by atoms with Crippen LogP contribution in [0.5, 0.6) is 0 Å². The highest BCUT2D eigenvalue weighted by atomic mass is 16.4. The summed E-state index contributed by atoms with van der Waals surface area (Å²) < 4.78 is 5.05. The van der Waals surface area contributed by atoms with Crippen LogP contribution in [-0.4, -0.2) is 16.4 Å². The van der Waals surface area contributed by atoms with Crippen molar-refractivity contribution in [3.63, 3.8) is 0 Å². The Morgan fingerprint density at radius 2 is 2.42 bits per heavy atom. The van der Waals surface area contributed by atoms with Crippen LogP contribution < -0.4 is 0 Å². The third-order valence-electron chi connectivity index (χ3n) is 1.56. The number of hydrogen-bond donors (Lipinski definition) is 1. The van der Waals surface area contributed by atoms with E-state index in [9.17, 15) is 0 Å². The monoisotopic (exact) mass is 162 g/mol. The van der Waals surface area contributed by atoms with Gasteiger partial charge in [-0.3, -0.25) is 0 Å². The molecule has 4 heteroatoms. The molecule has 0 aliphatic carbocycles. The predicted molar refractivity (Wildman–Crippen MR) is 43.4 cm³/mol. The third-order valence-corrected chi connectivity index (χ3v) is 1.56. The number of rotatable bonds is 1. The first-order chi connectivity index (χ1) is 5.90. The molecule has 1 heterocycles. The second kappa shape index (κ2) is 2.65. The number of benzene rings is 1. The zero-order valence-electron chi connectivity index (χ0n) is 6.14. The summed E-state index contributed by atoms with van der Waals surface area (Å²) in [5, 5.41) is 11.2. The smallest absolute Gasteiger partial charge is 0.181 e. The Balaban J connectivity index is 2.60. The quantitative estimate of drug-likeness (QED) is 0.394. The van der Waals surface area contributed by atoms with Crippen molar-refractivity contribution in [2.75, 3.05) is 0 Å². The van der Waals surface area contributed by atoms with Crippen molar-refractivity contribution >= 4 is 17.3 Å². The molecule has 0 saturated carbocycles. The predicted octanol–water partition coefficient (Wildman–Crippen LogP) is 1.64. The Morgan fingerprint density at radius 1 is 1.50 bits per heavy atom. The van der Waals surface area contributed by atoms with Crippen LogP contribution in [-0.2, 0) is 0 Å². The molecule has 0 radical (unpaired) electrons. The maximum absolute atomic E-state index is 8.27. The van der Waals surface area contributed by atoms with Gasteiger partial charge in [0.1, 0.15) is 5.52 Å². The molecule has 1 aromatic heterocycles. The van der Waals surface area contributed by atoms with Crippen molar-refractivity contribution < 1.29 is 9.62 Å². The van der Waals surface area contributed by atoms with Gasteiger partial charge < -0.3 is 9.62 Å². The van der Waals surface area contributed by atoms with Gasteiger partial charge >= 0.3 is 0 Å². The van der Waals surface area contributed by atoms with Crippen LogP contribution in [0.2, 0.25) is 0 Å². The summed E-state index contributed by atoms with van der Waals surface area (Å²) in [6.45, 7) is 0. The molecule has 1 N–H and O–H groups in total. The molecule has 0 saturated heterocycles. The van der Waals surface area contributed by atoms with Crippen molar-refractivity contribution in [2.24, 2.45) is 5.16 Å². The zero-order chi connectivity index (χ0) is 8.39. The summed E-state index contributed by atoms with van der Waals surface area (Å²) in [6, 6.07) is 5.35. The Kier molecular flexibility index (Phi) is 1.51. The first-order valence-electron chi connectivity index (χ1n) is 3.41. The number of oxime groups is 1. The molecular formula is C8H6N2O2. The Bertz CT molecular complexity index is 420. The summed E-state index contributed by atoms with van der Waals surface area (Å²) in [5.74, 6) is 0. The van der Waals surface area contributed by atoms with E-state index in [4.69, 9.17) is 9.62 Å². The third kappa shape index (κ3) is 1.03. The first kappa shape index (κ1) is 6.84. The molecule has 0 aliphatic rings. The van der Waals surface area contributed by atoms with Crippen molar-refractivity contribution in [3.8, 4) is 0 Å². The summed E-state index contributed by atoms with van der Waals surface area (Å²) in [5.41, 5.74) is 2.26. The Morgan fingerprint density at radius 3 is 3.25 bits per heavy atom. The van der Waals surface area contributed by atoms with Crippen molar-refractivity contribution in [1.82, 2.24) is 4.98 Å². The van der Waals surface area contributed by atoms with E-state index in [1.54, 1.807) is 18.2 Å². The topological polar surface area (TPSA) is 58.6 Å². The van der Waals surface area contributed by atoms with E-state index in [2.05, 4.69) is 10.1 Å². The summed E-state index contributed by atoms with van der Waals surface area (Å²) >= 11 is 0. The molecular weight excluding hydrogens is 156 g/mol. The van der Waals surface area contributed by atoms with E-state index in [-0.39, 0.29) is 0 Å². The van der Waals surface area contributed by atoms with Crippen LogP contribution in [0.4, 0.5) is 0 Å². The first-order valence-corrected chi connectivity index (χ1v) is 3.41. The maximum atomic E-state index is 8.27. The van der Waals surface area contributed by atoms with E-state index in [0.717, 1.165) is 11.1 Å². The lowest BCUT2D eigenvalue weighted by atomic mass is 10.2. The van der Waals surface area contributed by atoms with Gasteiger partial charge in [0.15, 0.2) is 12.0 Å². The van der Waals surface area contributed by atoms with Crippen LogP contribution in [0.25, 0.3) is 11.1 Å². The highest BCUT2D eigenvalue weighted by Crippen LogP contribution is 2.12. The maximum Gasteiger partial charge on any atom is 0.181 e. The number of oxazole rings is 1. The van der Waals surface area contributed by atoms with E-state index < -0.39 is 0 Å². The minimum atomic E-state index is 0.687. The Hall–Kier alpha value is -1.84. The number of aromatic nitrogens is 1. The molecule has 2 rings (SSSR count). The fourth-order valence-corrected chi connectivity index (χ4v) is 1.02. The minimum Gasteiger partial charge on any atom is -0.443 e. The molecule has 0 bridgehead atoms. The molecule has 4 nitrogen and oxygen atoms in total. The average molecular weight is 162 g/mol. The molecule has 0 amide bonds. The van der Waals surface area contributed by atoms with E-state index >= 15 is 0 Å². The van der Waals surface area contributed by atoms with Crippen molar-refractivity contribution in [3.05, 3.63) is 30.2 Å². The van der Waals surface area contributed by atoms with Crippen LogP contribution in [0, 0.1) is 0 Å². The van der Waals surface area contributed by atoms with Crippen molar-refractivity contribution in [1.29, 1.82) is 0 Å². The van der Waals surface area contributed by atoms with E-state index in [1.165, 1.54) is 12.6 Å². The SMILES string of the molecule is ON=Cc1ccc2ncoc2c1. The van der Waals surface area contributed by atoms with Gasteiger partial charge in [0.05, 0.1) is 6.21 Å². The largest absolute Gasteiger partial charge is 0.443 e. The molecule has 12 heavy (non-hydrogen) atoms. The van der Waals surface area contributed by atoms with Gasteiger partial charge in [-0.1, -0.05) is 11.2 Å². The van der Waals surface area contributed by atoms with Crippen LogP contribution >= 0.6 is 0 Å². The van der Waals surface area contributed by atoms with E-state index in [0.29, 0.717) is 5.58 Å². The van der Waals surface area contributed by atoms with Gasteiger partial charge in [-0.15, -0.1) is 0 Å². The normalized spacial score (nSPS) is 11.3. The lowest BCUT2D eigenvalue weighted by molar-refractivity contribution is 0.322. The van der Waals surface area contributed by atoms with Gasteiger partial charge in [-0.2, -0.15) is 0 Å². The van der Waals surface area contributed by atoms with Gasteiger partial charge in [-0.25, -0.2) is 4.98 Å². The second-order valence-corrected chi connectivity index (χ2v) is 2.32. The molecule has 60 valence electrons. The van der Waals surface area contributed by atoms with E-state index in [1.807, 2.05) is 0 Å². The number of hydrogen-bond acceptors (Lipinski definition) is 4. The second-order valence-electron chi connectivity index (χ2n) is 2.32. The summed E-state index contributed by atoms with van der Waals surface area (Å²) in [4.78, 5) is 3.95. The molecule has 0 fully saturated rings. The molecule has 0 atom stereocenters. The average Bonchev–Trinajstić information content (AvgIpc) is 2.51. The molecule has 0 aliphatic heterocycles. The Labute approximate surface area is 68.1 Å². The zero-order valence-corrected chi connectivity index (χ0v) is 6.14. The fraction of sp³-hybridized carbons (Fsp3) is 0. The highest BCUT2D eigenvalue weighted by Gasteiger charge is 1.97. The summed E-state index contributed by atoms with van der Waals surface area (Å²) in [6.07, 6.45) is 2.71. The van der Waals surface area contributed by atoms with Crippen molar-refractivity contribution in [2.45, 2.75) is 0 Å². The lowest BCUT2D eigenvalue weighted by Gasteiger charge is -1.89. The van der Waals surface area contributed by atoms with Crippen LogP contribution in [0.3, 0.4) is 0 Å². The lowest BCUT2D eigenvalue weighted by Crippen LogP contribution is -1.79. The van der Waals surface area contributed by atoms with Gasteiger partial charge in [0, 0.05) is 0 Å². The van der Waals surface area contributed by atoms with Crippen LogP contribution in [0.1, 0.15) is 5.56 Å². The standard InChI is InChI=1S/C8H6N2O2/c11-10-4-6-1-2-7-8(3-6)12-5-9-7/h1-5,11H. The number of nitrogens with zero attached hydrogens (tertiary/aromatic N) is 2. The fourth-order valence-electron chi connectivity index (χ4n) is 1.02. The minimum absolute atomic E-state index is 0.687. The van der Waals surface area contributed by atoms with Gasteiger partial charge in [0.25, 0.3) is 0 Å². The number of fused-ring (bicyclic) bond motifs is 1. The molecule has 0 spiro atoms. The summed E-state index contributed by atoms with van der Waals surface area (Å²) in [7, 11) is 0. The highest BCUT2D eigenvalue weighted by molar-refractivity contribution is 5.85. The van der Waals surface area contributed by atoms with Gasteiger partial charge in [0.2, 0.25) is 0 Å². The molecule has 2 aromatic rings.